The molecule has 0 radical (unpaired) electrons. The second-order valence-electron chi connectivity index (χ2n) is 5.68. The number of urea groups is 1. The summed E-state index contributed by atoms with van der Waals surface area (Å²) >= 11 is 0. The van der Waals surface area contributed by atoms with E-state index in [-0.39, 0.29) is 0 Å². The third-order valence-electron chi connectivity index (χ3n) is 3.94. The average molecular weight is 340 g/mol. The average Bonchev–Trinajstić information content (AvgIpc) is 3.08. The Morgan fingerprint density at radius 3 is 2.84 bits per heavy atom. The van der Waals surface area contributed by atoms with E-state index in [2.05, 4.69) is 20.6 Å². The minimum absolute atomic E-state index is 0.407. The van der Waals surface area contributed by atoms with Crippen molar-refractivity contribution in [2.75, 3.05) is 43.5 Å². The largest absolute Gasteiger partial charge is 0.379 e. The summed E-state index contributed by atoms with van der Waals surface area (Å²) < 4.78 is 7.13. The highest BCUT2D eigenvalue weighted by Gasteiger charge is 2.11. The van der Waals surface area contributed by atoms with E-state index in [1.165, 1.54) is 0 Å². The van der Waals surface area contributed by atoms with Crippen LogP contribution in [0.2, 0.25) is 0 Å². The highest BCUT2D eigenvalue weighted by Crippen LogP contribution is 2.14. The van der Waals surface area contributed by atoms with E-state index in [4.69, 9.17) is 10.00 Å². The standard InChI is InChI=1S/C17H20N6O2/c18-11-14-3-1-2-4-16(14)21-17(24)20-15-12-19-23(13-15)6-5-22-7-9-25-10-8-22/h1-4,12-13H,5-10H2,(H2,20,21,24). The molecule has 0 bridgehead atoms. The van der Waals surface area contributed by atoms with Crippen LogP contribution < -0.4 is 10.6 Å². The molecule has 0 aliphatic carbocycles. The van der Waals surface area contributed by atoms with Gasteiger partial charge >= 0.3 is 6.03 Å². The Bertz CT molecular complexity index is 760. The number of amides is 2. The number of hydrogen-bond acceptors (Lipinski definition) is 5. The van der Waals surface area contributed by atoms with Gasteiger partial charge in [-0.05, 0) is 12.1 Å². The molecule has 1 aliphatic rings. The van der Waals surface area contributed by atoms with Crippen LogP contribution in [-0.4, -0.2) is 53.6 Å². The lowest BCUT2D eigenvalue weighted by Gasteiger charge is -2.26. The van der Waals surface area contributed by atoms with Crippen molar-refractivity contribution in [3.05, 3.63) is 42.2 Å². The molecule has 25 heavy (non-hydrogen) atoms. The van der Waals surface area contributed by atoms with Gasteiger partial charge in [0.15, 0.2) is 0 Å². The van der Waals surface area contributed by atoms with E-state index in [1.54, 1.807) is 41.3 Å². The van der Waals surface area contributed by atoms with Gasteiger partial charge in [-0.1, -0.05) is 12.1 Å². The summed E-state index contributed by atoms with van der Waals surface area (Å²) in [4.78, 5) is 14.4. The number of nitrogens with one attached hydrogen (secondary N) is 2. The van der Waals surface area contributed by atoms with Gasteiger partial charge in [-0.2, -0.15) is 10.4 Å². The molecule has 0 unspecified atom stereocenters. The first-order chi connectivity index (χ1) is 12.2. The summed E-state index contributed by atoms with van der Waals surface area (Å²) in [6.07, 6.45) is 3.39. The van der Waals surface area contributed by atoms with Crippen molar-refractivity contribution < 1.29 is 9.53 Å². The first kappa shape index (κ1) is 17.0. The van der Waals surface area contributed by atoms with E-state index in [1.807, 2.05) is 6.07 Å². The number of nitrogens with zero attached hydrogens (tertiary/aromatic N) is 4. The molecule has 2 aromatic rings. The van der Waals surface area contributed by atoms with Gasteiger partial charge in [-0.15, -0.1) is 0 Å². The molecular formula is C17H20N6O2. The molecule has 0 spiro atoms. The van der Waals surface area contributed by atoms with E-state index >= 15 is 0 Å². The number of para-hydroxylation sites is 1. The van der Waals surface area contributed by atoms with Crippen LogP contribution >= 0.6 is 0 Å². The lowest BCUT2D eigenvalue weighted by Crippen LogP contribution is -2.38. The van der Waals surface area contributed by atoms with E-state index < -0.39 is 6.03 Å². The lowest BCUT2D eigenvalue weighted by atomic mass is 10.2. The number of benzene rings is 1. The summed E-state index contributed by atoms with van der Waals surface area (Å²) in [5.41, 5.74) is 1.50. The topological polar surface area (TPSA) is 95.2 Å². The number of anilines is 2. The van der Waals surface area contributed by atoms with Crippen molar-refractivity contribution in [3.8, 4) is 6.07 Å². The van der Waals surface area contributed by atoms with Crippen molar-refractivity contribution in [3.63, 3.8) is 0 Å². The number of carbonyl (C=O) groups is 1. The third-order valence-corrected chi connectivity index (χ3v) is 3.94. The predicted molar refractivity (Wildman–Crippen MR) is 93.3 cm³/mol. The zero-order valence-electron chi connectivity index (χ0n) is 13.8. The van der Waals surface area contributed by atoms with Crippen LogP contribution in [0.3, 0.4) is 0 Å². The molecule has 8 nitrogen and oxygen atoms in total. The van der Waals surface area contributed by atoms with Gasteiger partial charge in [-0.3, -0.25) is 9.58 Å². The Kier molecular flexibility index (Phi) is 5.61. The molecule has 0 saturated carbocycles. The highest BCUT2D eigenvalue weighted by molar-refractivity contribution is 6.00. The van der Waals surface area contributed by atoms with Crippen molar-refractivity contribution in [2.24, 2.45) is 0 Å². The van der Waals surface area contributed by atoms with Crippen molar-refractivity contribution in [2.45, 2.75) is 6.54 Å². The Morgan fingerprint density at radius 1 is 1.24 bits per heavy atom. The monoisotopic (exact) mass is 340 g/mol. The van der Waals surface area contributed by atoms with Gasteiger partial charge in [-0.25, -0.2) is 4.79 Å². The fraction of sp³-hybridized carbons (Fsp3) is 0.353. The summed E-state index contributed by atoms with van der Waals surface area (Å²) in [5, 5.41) is 18.7. The normalized spacial score (nSPS) is 14.7. The second kappa shape index (κ2) is 8.28. The Morgan fingerprint density at radius 2 is 2.04 bits per heavy atom. The molecule has 2 amide bonds. The molecule has 1 saturated heterocycles. The SMILES string of the molecule is N#Cc1ccccc1NC(=O)Nc1cnn(CCN2CCOCC2)c1. The minimum atomic E-state index is -0.407. The predicted octanol–water partition coefficient (Wildman–Crippen LogP) is 1.73. The maximum atomic E-state index is 12.1. The number of nitriles is 1. The van der Waals surface area contributed by atoms with Crippen LogP contribution in [0.1, 0.15) is 5.56 Å². The number of rotatable bonds is 5. The molecule has 2 heterocycles. The summed E-state index contributed by atoms with van der Waals surface area (Å²) in [6, 6.07) is 8.49. The Balaban J connectivity index is 1.50. The zero-order valence-corrected chi connectivity index (χ0v) is 13.8. The molecule has 1 aliphatic heterocycles. The van der Waals surface area contributed by atoms with Crippen LogP contribution in [0.25, 0.3) is 0 Å². The highest BCUT2D eigenvalue weighted by atomic mass is 16.5. The smallest absolute Gasteiger partial charge is 0.323 e. The maximum Gasteiger partial charge on any atom is 0.323 e. The van der Waals surface area contributed by atoms with E-state index in [0.29, 0.717) is 16.9 Å². The molecule has 0 atom stereocenters. The first-order valence-electron chi connectivity index (χ1n) is 8.14. The Hall–Kier alpha value is -2.89. The summed E-state index contributed by atoms with van der Waals surface area (Å²) in [6.45, 7) is 5.07. The van der Waals surface area contributed by atoms with Crippen molar-refractivity contribution in [1.29, 1.82) is 5.26 Å². The lowest BCUT2D eigenvalue weighted by molar-refractivity contribution is 0.0360. The zero-order chi connectivity index (χ0) is 17.5. The minimum Gasteiger partial charge on any atom is -0.379 e. The van der Waals surface area contributed by atoms with E-state index in [0.717, 1.165) is 39.4 Å². The molecule has 1 aromatic carbocycles. The number of ether oxygens (including phenoxy) is 1. The summed E-state index contributed by atoms with van der Waals surface area (Å²) in [7, 11) is 0. The van der Waals surface area contributed by atoms with Crippen LogP contribution in [0.4, 0.5) is 16.2 Å². The second-order valence-corrected chi connectivity index (χ2v) is 5.68. The van der Waals surface area contributed by atoms with Crippen molar-refractivity contribution >= 4 is 17.4 Å². The number of morpholine rings is 1. The molecule has 1 aromatic heterocycles. The number of hydrogen-bond donors (Lipinski definition) is 2. The number of carbonyl (C=O) groups excluding carboxylic acids is 1. The summed E-state index contributed by atoms with van der Waals surface area (Å²) in [5.74, 6) is 0. The van der Waals surface area contributed by atoms with Gasteiger partial charge in [0.05, 0.1) is 42.9 Å². The van der Waals surface area contributed by atoms with Gasteiger partial charge in [0.25, 0.3) is 0 Å². The molecule has 1 fully saturated rings. The van der Waals surface area contributed by atoms with Gasteiger partial charge in [0.2, 0.25) is 0 Å². The third kappa shape index (κ3) is 4.79. The van der Waals surface area contributed by atoms with Gasteiger partial charge < -0.3 is 15.4 Å². The molecule has 8 heteroatoms. The van der Waals surface area contributed by atoms with Crippen molar-refractivity contribution in [1.82, 2.24) is 14.7 Å². The van der Waals surface area contributed by atoms with E-state index in [9.17, 15) is 4.79 Å². The van der Waals surface area contributed by atoms with Gasteiger partial charge in [0.1, 0.15) is 6.07 Å². The quantitative estimate of drug-likeness (QED) is 0.864. The van der Waals surface area contributed by atoms with Crippen LogP contribution in [0.5, 0.6) is 0 Å². The fourth-order valence-corrected chi connectivity index (χ4v) is 2.59. The molecule has 3 rings (SSSR count). The van der Waals surface area contributed by atoms with Crippen LogP contribution in [0, 0.1) is 11.3 Å². The molecule has 130 valence electrons. The van der Waals surface area contributed by atoms with Gasteiger partial charge in [0, 0.05) is 25.8 Å². The Labute approximate surface area is 146 Å². The van der Waals surface area contributed by atoms with Crippen LogP contribution in [0.15, 0.2) is 36.7 Å². The van der Waals surface area contributed by atoms with Crippen LogP contribution in [-0.2, 0) is 11.3 Å². The first-order valence-corrected chi connectivity index (χ1v) is 8.14. The number of aromatic nitrogens is 2. The molecule has 2 N–H and O–H groups in total. The maximum absolute atomic E-state index is 12.1. The fourth-order valence-electron chi connectivity index (χ4n) is 2.59. The molecular weight excluding hydrogens is 320 g/mol.